The van der Waals surface area contributed by atoms with Gasteiger partial charge in [-0.15, -0.1) is 0 Å². The predicted molar refractivity (Wildman–Crippen MR) is 120 cm³/mol. The van der Waals surface area contributed by atoms with Crippen LogP contribution in [0.1, 0.15) is 11.1 Å². The number of carbonyl (C=O) groups excluding carboxylic acids is 1. The van der Waals surface area contributed by atoms with E-state index in [9.17, 15) is 13.2 Å². The highest BCUT2D eigenvalue weighted by atomic mass is 32.2. The number of methoxy groups -OCH3 is 2. The van der Waals surface area contributed by atoms with Gasteiger partial charge < -0.3 is 14.4 Å². The van der Waals surface area contributed by atoms with Crippen molar-refractivity contribution in [1.29, 1.82) is 0 Å². The normalized spacial score (nSPS) is 22.9. The number of carbonyl (C=O) groups is 1. The smallest absolute Gasteiger partial charge is 0.241 e. The molecule has 2 saturated heterocycles. The number of rotatable bonds is 6. The lowest BCUT2D eigenvalue weighted by atomic mass is 10.0. The summed E-state index contributed by atoms with van der Waals surface area (Å²) in [6.07, 6.45) is 0.682. The Bertz CT molecular complexity index is 1070. The molecule has 2 aromatic rings. The van der Waals surface area contributed by atoms with Gasteiger partial charge in [-0.2, -0.15) is 0 Å². The average molecular weight is 445 g/mol. The van der Waals surface area contributed by atoms with Crippen molar-refractivity contribution in [1.82, 2.24) is 4.90 Å². The van der Waals surface area contributed by atoms with Gasteiger partial charge in [0, 0.05) is 18.3 Å². The third-order valence-corrected chi connectivity index (χ3v) is 7.85. The third-order valence-electron chi connectivity index (χ3n) is 6.15. The van der Waals surface area contributed by atoms with Crippen LogP contribution >= 0.6 is 0 Å². The molecular weight excluding hydrogens is 416 g/mol. The van der Waals surface area contributed by atoms with E-state index in [1.807, 2.05) is 54.3 Å². The summed E-state index contributed by atoms with van der Waals surface area (Å²) in [7, 11) is -0.0186. The quantitative estimate of drug-likeness (QED) is 0.679. The number of amides is 1. The van der Waals surface area contributed by atoms with Gasteiger partial charge in [-0.3, -0.25) is 9.69 Å². The van der Waals surface area contributed by atoms with E-state index in [1.54, 1.807) is 19.1 Å². The first-order valence-electron chi connectivity index (χ1n) is 10.4. The SMILES string of the molecule is COc1ccc(CCN2CC(=O)N(c3ccc(C)cc3)[C@@H]3CS(=O)(=O)C[C@@H]32)cc1OC. The number of fused-ring (bicyclic) bond motifs is 1. The number of sulfone groups is 1. The topological polar surface area (TPSA) is 76.2 Å². The molecule has 2 fully saturated rings. The van der Waals surface area contributed by atoms with Crippen molar-refractivity contribution in [2.45, 2.75) is 25.4 Å². The number of hydrogen-bond donors (Lipinski definition) is 0. The standard InChI is InChI=1S/C23H28N2O5S/c1-16-4-7-18(8-5-16)25-20-15-31(27,28)14-19(20)24(13-23(25)26)11-10-17-6-9-21(29-2)22(12-17)30-3/h4-9,12,19-20H,10-11,13-15H2,1-3H3/t19-,20+/m0/s1. The van der Waals surface area contributed by atoms with E-state index in [1.165, 1.54) is 0 Å². The lowest BCUT2D eigenvalue weighted by molar-refractivity contribution is -0.123. The van der Waals surface area contributed by atoms with Gasteiger partial charge in [-0.05, 0) is 43.2 Å². The fourth-order valence-corrected chi connectivity index (χ4v) is 6.53. The van der Waals surface area contributed by atoms with Gasteiger partial charge in [0.1, 0.15) is 0 Å². The molecule has 0 aromatic heterocycles. The van der Waals surface area contributed by atoms with E-state index in [2.05, 4.69) is 0 Å². The molecule has 0 spiro atoms. The Balaban J connectivity index is 1.55. The second kappa shape index (κ2) is 8.51. The van der Waals surface area contributed by atoms with Gasteiger partial charge in [0.15, 0.2) is 21.3 Å². The van der Waals surface area contributed by atoms with Crippen LogP contribution in [-0.4, -0.2) is 70.1 Å². The molecule has 8 heteroatoms. The summed E-state index contributed by atoms with van der Waals surface area (Å²) >= 11 is 0. The van der Waals surface area contributed by atoms with Gasteiger partial charge in [0.05, 0.1) is 38.3 Å². The van der Waals surface area contributed by atoms with E-state index in [0.717, 1.165) is 16.8 Å². The van der Waals surface area contributed by atoms with E-state index in [-0.39, 0.29) is 36.0 Å². The van der Waals surface area contributed by atoms with E-state index in [4.69, 9.17) is 9.47 Å². The summed E-state index contributed by atoms with van der Waals surface area (Å²) < 4.78 is 35.7. The maximum atomic E-state index is 13.1. The Morgan fingerprint density at radius 3 is 2.32 bits per heavy atom. The van der Waals surface area contributed by atoms with Crippen molar-refractivity contribution >= 4 is 21.4 Å². The van der Waals surface area contributed by atoms with Crippen LogP contribution in [0.2, 0.25) is 0 Å². The fraction of sp³-hybridized carbons (Fsp3) is 0.435. The average Bonchev–Trinajstić information content (AvgIpc) is 3.07. The predicted octanol–water partition coefficient (Wildman–Crippen LogP) is 2.07. The Kier molecular flexibility index (Phi) is 5.94. The first-order valence-corrected chi connectivity index (χ1v) is 12.2. The van der Waals surface area contributed by atoms with E-state index < -0.39 is 9.84 Å². The van der Waals surface area contributed by atoms with Crippen molar-refractivity contribution < 1.29 is 22.7 Å². The summed E-state index contributed by atoms with van der Waals surface area (Å²) in [5.41, 5.74) is 2.91. The highest BCUT2D eigenvalue weighted by molar-refractivity contribution is 7.91. The van der Waals surface area contributed by atoms with Gasteiger partial charge in [0.2, 0.25) is 5.91 Å². The lowest BCUT2D eigenvalue weighted by Crippen LogP contribution is -2.62. The molecule has 0 unspecified atom stereocenters. The molecule has 2 atom stereocenters. The fourth-order valence-electron chi connectivity index (χ4n) is 4.55. The van der Waals surface area contributed by atoms with Crippen LogP contribution in [-0.2, 0) is 21.1 Å². The number of ether oxygens (including phenoxy) is 2. The summed E-state index contributed by atoms with van der Waals surface area (Å²) in [4.78, 5) is 16.8. The largest absolute Gasteiger partial charge is 0.493 e. The number of nitrogens with zero attached hydrogens (tertiary/aromatic N) is 2. The molecule has 0 radical (unpaired) electrons. The maximum Gasteiger partial charge on any atom is 0.241 e. The highest BCUT2D eigenvalue weighted by Crippen LogP contribution is 2.32. The minimum atomic E-state index is -3.21. The lowest BCUT2D eigenvalue weighted by Gasteiger charge is -2.43. The molecule has 2 aromatic carbocycles. The van der Waals surface area contributed by atoms with E-state index >= 15 is 0 Å². The van der Waals surface area contributed by atoms with Gasteiger partial charge in [-0.25, -0.2) is 8.42 Å². The number of hydrogen-bond acceptors (Lipinski definition) is 6. The molecule has 166 valence electrons. The Morgan fingerprint density at radius 2 is 1.65 bits per heavy atom. The maximum absolute atomic E-state index is 13.1. The number of aryl methyl sites for hydroxylation is 1. The van der Waals surface area contributed by atoms with Crippen LogP contribution in [0, 0.1) is 6.92 Å². The molecule has 0 saturated carbocycles. The van der Waals surface area contributed by atoms with Crippen LogP contribution in [0.3, 0.4) is 0 Å². The Morgan fingerprint density at radius 1 is 0.968 bits per heavy atom. The molecule has 1 amide bonds. The Labute approximate surface area is 183 Å². The Hall–Kier alpha value is -2.58. The van der Waals surface area contributed by atoms with Crippen molar-refractivity contribution in [2.75, 3.05) is 43.7 Å². The molecule has 2 heterocycles. The summed E-state index contributed by atoms with van der Waals surface area (Å²) in [6.45, 7) is 2.79. The molecule has 7 nitrogen and oxygen atoms in total. The van der Waals surface area contributed by atoms with Crippen molar-refractivity contribution in [2.24, 2.45) is 0 Å². The third kappa shape index (κ3) is 4.41. The number of benzene rings is 2. The molecule has 2 aliphatic heterocycles. The number of piperazine rings is 1. The van der Waals surface area contributed by atoms with Crippen LogP contribution in [0.5, 0.6) is 11.5 Å². The van der Waals surface area contributed by atoms with Crippen LogP contribution in [0.15, 0.2) is 42.5 Å². The van der Waals surface area contributed by atoms with Gasteiger partial charge >= 0.3 is 0 Å². The van der Waals surface area contributed by atoms with Crippen molar-refractivity contribution in [3.63, 3.8) is 0 Å². The van der Waals surface area contributed by atoms with Gasteiger partial charge in [-0.1, -0.05) is 23.8 Å². The molecule has 31 heavy (non-hydrogen) atoms. The summed E-state index contributed by atoms with van der Waals surface area (Å²) in [5, 5.41) is 0. The highest BCUT2D eigenvalue weighted by Gasteiger charge is 2.49. The first kappa shape index (κ1) is 21.6. The van der Waals surface area contributed by atoms with Crippen molar-refractivity contribution in [3.8, 4) is 11.5 Å². The molecule has 2 aliphatic rings. The molecule has 0 aliphatic carbocycles. The zero-order chi connectivity index (χ0) is 22.2. The monoisotopic (exact) mass is 444 g/mol. The zero-order valence-corrected chi connectivity index (χ0v) is 18.9. The molecule has 0 N–H and O–H groups in total. The van der Waals surface area contributed by atoms with Crippen molar-refractivity contribution in [3.05, 3.63) is 53.6 Å². The summed E-state index contributed by atoms with van der Waals surface area (Å²) in [5.74, 6) is 1.34. The second-order valence-electron chi connectivity index (χ2n) is 8.22. The van der Waals surface area contributed by atoms with Gasteiger partial charge in [0.25, 0.3) is 0 Å². The molecular formula is C23H28N2O5S. The first-order chi connectivity index (χ1) is 14.8. The van der Waals surface area contributed by atoms with Crippen LogP contribution < -0.4 is 14.4 Å². The summed E-state index contributed by atoms with van der Waals surface area (Å²) in [6, 6.07) is 12.9. The minimum absolute atomic E-state index is 0.00411. The van der Waals surface area contributed by atoms with Crippen LogP contribution in [0.25, 0.3) is 0 Å². The molecule has 4 rings (SSSR count). The zero-order valence-electron chi connectivity index (χ0n) is 18.1. The van der Waals surface area contributed by atoms with Crippen LogP contribution in [0.4, 0.5) is 5.69 Å². The number of anilines is 1. The minimum Gasteiger partial charge on any atom is -0.493 e. The molecule has 0 bridgehead atoms. The van der Waals surface area contributed by atoms with E-state index in [0.29, 0.717) is 24.5 Å². The second-order valence-corrected chi connectivity index (χ2v) is 10.4.